The number of rotatable bonds is 7. The maximum atomic E-state index is 13.7. The minimum absolute atomic E-state index is 0.0657. The van der Waals surface area contributed by atoms with Crippen molar-refractivity contribution in [2.45, 2.75) is 64.8 Å². The van der Waals surface area contributed by atoms with Crippen molar-refractivity contribution in [3.63, 3.8) is 0 Å². The Hall–Kier alpha value is -3.07. The van der Waals surface area contributed by atoms with Crippen molar-refractivity contribution in [2.75, 3.05) is 13.2 Å². The van der Waals surface area contributed by atoms with Crippen LogP contribution in [0.5, 0.6) is 0 Å². The van der Waals surface area contributed by atoms with E-state index in [-0.39, 0.29) is 17.2 Å². The summed E-state index contributed by atoms with van der Waals surface area (Å²) in [7, 11) is 0. The molecule has 1 aliphatic heterocycles. The minimum Gasteiger partial charge on any atom is -0.377 e. The molecule has 5 rings (SSSR count). The molecule has 1 saturated heterocycles. The van der Waals surface area contributed by atoms with Crippen molar-refractivity contribution in [1.82, 2.24) is 30.1 Å². The van der Waals surface area contributed by atoms with E-state index in [2.05, 4.69) is 52.2 Å². The van der Waals surface area contributed by atoms with Crippen LogP contribution in [0.25, 0.3) is 10.9 Å². The Morgan fingerprint density at radius 2 is 1.97 bits per heavy atom. The first-order valence-electron chi connectivity index (χ1n) is 12.7. The average molecular weight is 521 g/mol. The lowest BCUT2D eigenvalue weighted by atomic mass is 10.00. The molecule has 194 valence electrons. The Morgan fingerprint density at radius 3 is 2.68 bits per heavy atom. The lowest BCUT2D eigenvalue weighted by molar-refractivity contribution is 0.0564. The number of ether oxygens (including phenoxy) is 1. The SMILES string of the molecule is Cc1ccc2cc([C@@H](c3nnnn3C(C)(C)C)N(Cc3ccc(Cl)cc3)C[C@H]3CCCO3)c(=O)[nH]c2c1. The van der Waals surface area contributed by atoms with Crippen LogP contribution < -0.4 is 5.56 Å². The molecule has 37 heavy (non-hydrogen) atoms. The number of nitrogens with one attached hydrogen (secondary N) is 1. The molecule has 2 aromatic carbocycles. The second kappa shape index (κ2) is 10.4. The third-order valence-corrected chi connectivity index (χ3v) is 7.08. The molecule has 2 atom stereocenters. The Bertz CT molecular complexity index is 1430. The molecule has 0 radical (unpaired) electrons. The van der Waals surface area contributed by atoms with Crippen molar-refractivity contribution >= 4 is 22.5 Å². The fourth-order valence-corrected chi connectivity index (χ4v) is 5.14. The monoisotopic (exact) mass is 520 g/mol. The largest absolute Gasteiger partial charge is 0.377 e. The number of aryl methyl sites for hydroxylation is 1. The summed E-state index contributed by atoms with van der Waals surface area (Å²) in [6.07, 6.45) is 2.07. The Kier molecular flexibility index (Phi) is 7.16. The summed E-state index contributed by atoms with van der Waals surface area (Å²) >= 11 is 6.17. The number of benzene rings is 2. The highest BCUT2D eigenvalue weighted by Gasteiger charge is 2.35. The molecule has 9 heteroatoms. The number of halogens is 1. The Labute approximate surface area is 221 Å². The van der Waals surface area contributed by atoms with Gasteiger partial charge in [-0.25, -0.2) is 4.68 Å². The first kappa shape index (κ1) is 25.6. The number of tetrazole rings is 1. The van der Waals surface area contributed by atoms with E-state index >= 15 is 0 Å². The van der Waals surface area contributed by atoms with Gasteiger partial charge in [0.15, 0.2) is 5.82 Å². The van der Waals surface area contributed by atoms with Gasteiger partial charge in [-0.15, -0.1) is 5.10 Å². The highest BCUT2D eigenvalue weighted by atomic mass is 35.5. The van der Waals surface area contributed by atoms with Crippen molar-refractivity contribution in [3.8, 4) is 0 Å². The highest BCUT2D eigenvalue weighted by Crippen LogP contribution is 2.32. The van der Waals surface area contributed by atoms with E-state index in [0.717, 1.165) is 41.5 Å². The summed E-state index contributed by atoms with van der Waals surface area (Å²) in [5, 5.41) is 14.5. The van der Waals surface area contributed by atoms with E-state index in [1.54, 1.807) is 0 Å². The molecule has 2 aromatic heterocycles. The number of pyridine rings is 1. The van der Waals surface area contributed by atoms with Crippen LogP contribution in [0.2, 0.25) is 5.02 Å². The summed E-state index contributed by atoms with van der Waals surface area (Å²) in [5.74, 6) is 0.622. The fourth-order valence-electron chi connectivity index (χ4n) is 5.01. The molecule has 0 aliphatic carbocycles. The van der Waals surface area contributed by atoms with Gasteiger partial charge < -0.3 is 9.72 Å². The van der Waals surface area contributed by atoms with Gasteiger partial charge in [-0.1, -0.05) is 35.9 Å². The van der Waals surface area contributed by atoms with E-state index in [0.29, 0.717) is 29.5 Å². The van der Waals surface area contributed by atoms with Crippen LogP contribution in [0.1, 0.15) is 62.2 Å². The maximum Gasteiger partial charge on any atom is 0.253 e. The smallest absolute Gasteiger partial charge is 0.253 e. The van der Waals surface area contributed by atoms with Gasteiger partial charge in [0, 0.05) is 35.8 Å². The molecule has 1 aliphatic rings. The van der Waals surface area contributed by atoms with E-state index in [4.69, 9.17) is 16.3 Å². The average Bonchev–Trinajstić information content (AvgIpc) is 3.53. The second-order valence-corrected chi connectivity index (χ2v) is 11.3. The van der Waals surface area contributed by atoms with Crippen LogP contribution in [0.3, 0.4) is 0 Å². The zero-order valence-corrected chi connectivity index (χ0v) is 22.5. The molecule has 0 saturated carbocycles. The zero-order valence-electron chi connectivity index (χ0n) is 21.7. The molecule has 0 unspecified atom stereocenters. The number of fused-ring (bicyclic) bond motifs is 1. The summed E-state index contributed by atoms with van der Waals surface area (Å²) in [5.41, 5.74) is 3.05. The summed E-state index contributed by atoms with van der Waals surface area (Å²) in [6, 6.07) is 15.4. The number of hydrogen-bond acceptors (Lipinski definition) is 6. The Morgan fingerprint density at radius 1 is 1.19 bits per heavy atom. The molecular formula is C28H33ClN6O2. The Balaban J connectivity index is 1.69. The van der Waals surface area contributed by atoms with Crippen LogP contribution in [0, 0.1) is 6.92 Å². The van der Waals surface area contributed by atoms with Gasteiger partial charge >= 0.3 is 0 Å². The molecule has 4 aromatic rings. The number of H-pyrrole nitrogens is 1. The lowest BCUT2D eigenvalue weighted by Gasteiger charge is -2.34. The van der Waals surface area contributed by atoms with Gasteiger partial charge in [0.2, 0.25) is 0 Å². The molecule has 0 spiro atoms. The molecule has 0 bridgehead atoms. The quantitative estimate of drug-likeness (QED) is 0.369. The number of aromatic amines is 1. The molecular weight excluding hydrogens is 488 g/mol. The van der Waals surface area contributed by atoms with E-state index in [1.807, 2.05) is 54.1 Å². The molecule has 8 nitrogen and oxygen atoms in total. The van der Waals surface area contributed by atoms with Gasteiger partial charge in [-0.05, 0) is 91.7 Å². The lowest BCUT2D eigenvalue weighted by Crippen LogP contribution is -2.40. The van der Waals surface area contributed by atoms with E-state index in [1.165, 1.54) is 0 Å². The summed E-state index contributed by atoms with van der Waals surface area (Å²) < 4.78 is 7.87. The van der Waals surface area contributed by atoms with Crippen LogP contribution in [-0.2, 0) is 16.8 Å². The summed E-state index contributed by atoms with van der Waals surface area (Å²) in [4.78, 5) is 19.0. The number of aromatic nitrogens is 5. The van der Waals surface area contributed by atoms with Crippen LogP contribution in [0.4, 0.5) is 0 Å². The van der Waals surface area contributed by atoms with Gasteiger partial charge in [0.25, 0.3) is 5.56 Å². The number of hydrogen-bond donors (Lipinski definition) is 1. The van der Waals surface area contributed by atoms with Crippen LogP contribution >= 0.6 is 11.6 Å². The van der Waals surface area contributed by atoms with Gasteiger partial charge in [0.05, 0.1) is 11.6 Å². The van der Waals surface area contributed by atoms with Crippen molar-refractivity contribution < 1.29 is 4.74 Å². The third-order valence-electron chi connectivity index (χ3n) is 6.82. The topological polar surface area (TPSA) is 88.9 Å². The van der Waals surface area contributed by atoms with Crippen LogP contribution in [0.15, 0.2) is 53.3 Å². The maximum absolute atomic E-state index is 13.7. The van der Waals surface area contributed by atoms with Crippen molar-refractivity contribution in [1.29, 1.82) is 0 Å². The van der Waals surface area contributed by atoms with E-state index in [9.17, 15) is 4.79 Å². The first-order valence-corrected chi connectivity index (χ1v) is 13.1. The van der Waals surface area contributed by atoms with E-state index < -0.39 is 6.04 Å². The second-order valence-electron chi connectivity index (χ2n) is 10.9. The van der Waals surface area contributed by atoms with Crippen molar-refractivity contribution in [2.24, 2.45) is 0 Å². The first-order chi connectivity index (χ1) is 17.7. The molecule has 1 fully saturated rings. The predicted molar refractivity (Wildman–Crippen MR) is 145 cm³/mol. The molecule has 1 N–H and O–H groups in total. The van der Waals surface area contributed by atoms with Gasteiger partial charge in [-0.3, -0.25) is 9.69 Å². The third kappa shape index (κ3) is 5.61. The standard InChI is InChI=1S/C28H33ClN6O2/c1-18-7-10-20-15-23(27(36)30-24(20)14-18)25(26-31-32-33-35(26)28(2,3)4)34(17-22-6-5-13-37-22)16-19-8-11-21(29)12-9-19/h7-12,14-15,22,25H,5-6,13,16-17H2,1-4H3,(H,30,36)/t22-,25+/m1/s1. The predicted octanol–water partition coefficient (Wildman–Crippen LogP) is 5.00. The fraction of sp³-hybridized carbons (Fsp3) is 0.429. The van der Waals surface area contributed by atoms with Gasteiger partial charge in [-0.2, -0.15) is 0 Å². The van der Waals surface area contributed by atoms with Crippen LogP contribution in [-0.4, -0.2) is 49.3 Å². The molecule has 0 amide bonds. The normalized spacial score (nSPS) is 17.1. The molecule has 3 heterocycles. The minimum atomic E-state index is -0.497. The highest BCUT2D eigenvalue weighted by molar-refractivity contribution is 6.30. The zero-order chi connectivity index (χ0) is 26.2. The number of nitrogens with zero attached hydrogens (tertiary/aromatic N) is 5. The van der Waals surface area contributed by atoms with Gasteiger partial charge in [0.1, 0.15) is 6.04 Å². The summed E-state index contributed by atoms with van der Waals surface area (Å²) in [6.45, 7) is 10.1. The van der Waals surface area contributed by atoms with Crippen molar-refractivity contribution in [3.05, 3.63) is 86.4 Å².